The van der Waals surface area contributed by atoms with E-state index in [9.17, 15) is 0 Å². The number of aromatic nitrogens is 1. The molecular weight excluding hydrogens is 302 g/mol. The fourth-order valence-corrected chi connectivity index (χ4v) is 4.06. The second-order valence-electron chi connectivity index (χ2n) is 6.74. The highest BCUT2D eigenvalue weighted by Crippen LogP contribution is 2.37. The fourth-order valence-electron chi connectivity index (χ4n) is 4.06. The van der Waals surface area contributed by atoms with Crippen LogP contribution in [0.5, 0.6) is 0 Å². The Kier molecular flexibility index (Phi) is 3.14. The van der Waals surface area contributed by atoms with Gasteiger partial charge in [-0.15, -0.1) is 0 Å². The molecule has 1 unspecified atom stereocenters. The maximum atomic E-state index is 3.42. The molecule has 0 aliphatic carbocycles. The first kappa shape index (κ1) is 14.3. The molecule has 1 heterocycles. The number of nitrogens with one attached hydrogen (secondary N) is 1. The van der Waals surface area contributed by atoms with Gasteiger partial charge in [-0.05, 0) is 44.8 Å². The summed E-state index contributed by atoms with van der Waals surface area (Å²) in [5, 5.41) is 6.63. The van der Waals surface area contributed by atoms with Gasteiger partial charge in [0, 0.05) is 23.0 Å². The predicted molar refractivity (Wildman–Crippen MR) is 107 cm³/mol. The highest BCUT2D eigenvalue weighted by atomic mass is 14.7. The Bertz CT molecular complexity index is 1210. The molecule has 25 heavy (non-hydrogen) atoms. The van der Waals surface area contributed by atoms with E-state index < -0.39 is 0 Å². The van der Waals surface area contributed by atoms with Gasteiger partial charge in [0.1, 0.15) is 0 Å². The van der Waals surface area contributed by atoms with Crippen LogP contribution in [0.1, 0.15) is 24.0 Å². The predicted octanol–water partition coefficient (Wildman–Crippen LogP) is 6.63. The number of hydrogen-bond donors (Lipinski definition) is 1. The van der Waals surface area contributed by atoms with Crippen LogP contribution in [-0.2, 0) is 0 Å². The summed E-state index contributed by atoms with van der Waals surface area (Å²) in [4.78, 5) is 3.42. The van der Waals surface area contributed by atoms with Crippen molar-refractivity contribution in [2.24, 2.45) is 0 Å². The van der Waals surface area contributed by atoms with Crippen LogP contribution in [0.4, 0.5) is 0 Å². The van der Waals surface area contributed by atoms with E-state index in [4.69, 9.17) is 0 Å². The fraction of sp³-hybridized carbons (Fsp3) is 0.0833. The van der Waals surface area contributed by atoms with Gasteiger partial charge in [-0.2, -0.15) is 0 Å². The zero-order valence-electron chi connectivity index (χ0n) is 14.2. The molecule has 0 bridgehead atoms. The highest BCUT2D eigenvalue weighted by Gasteiger charge is 2.17. The lowest BCUT2D eigenvalue weighted by atomic mass is 9.87. The van der Waals surface area contributed by atoms with Crippen molar-refractivity contribution >= 4 is 32.4 Å². The molecule has 120 valence electrons. The van der Waals surface area contributed by atoms with Crippen LogP contribution >= 0.6 is 0 Å². The summed E-state index contributed by atoms with van der Waals surface area (Å²) >= 11 is 0. The first-order valence-electron chi connectivity index (χ1n) is 8.79. The monoisotopic (exact) mass is 321 g/mol. The van der Waals surface area contributed by atoms with Crippen molar-refractivity contribution < 1.29 is 0 Å². The minimum Gasteiger partial charge on any atom is -0.361 e. The van der Waals surface area contributed by atoms with Crippen molar-refractivity contribution in [2.45, 2.75) is 12.8 Å². The van der Waals surface area contributed by atoms with E-state index in [2.05, 4.69) is 97.0 Å². The van der Waals surface area contributed by atoms with E-state index in [1.807, 2.05) is 0 Å². The molecule has 0 fully saturated rings. The van der Waals surface area contributed by atoms with Gasteiger partial charge in [0.2, 0.25) is 0 Å². The van der Waals surface area contributed by atoms with Crippen molar-refractivity contribution in [1.29, 1.82) is 0 Å². The molecule has 1 nitrogen and oxygen atoms in total. The van der Waals surface area contributed by atoms with Gasteiger partial charge in [0.15, 0.2) is 0 Å². The normalized spacial score (nSPS) is 12.8. The van der Waals surface area contributed by atoms with Gasteiger partial charge in [0.05, 0.1) is 0 Å². The van der Waals surface area contributed by atoms with E-state index >= 15 is 0 Å². The van der Waals surface area contributed by atoms with Gasteiger partial charge in [-0.25, -0.2) is 0 Å². The van der Waals surface area contributed by atoms with E-state index in [-0.39, 0.29) is 0 Å². The zero-order chi connectivity index (χ0) is 16.8. The third kappa shape index (κ3) is 2.16. The second kappa shape index (κ2) is 5.49. The third-order valence-electron chi connectivity index (χ3n) is 5.35. The summed E-state index contributed by atoms with van der Waals surface area (Å²) in [7, 11) is 0. The Balaban J connectivity index is 1.81. The number of para-hydroxylation sites is 1. The van der Waals surface area contributed by atoms with Crippen LogP contribution in [0.15, 0.2) is 85.1 Å². The Hall–Kier alpha value is -3.06. The summed E-state index contributed by atoms with van der Waals surface area (Å²) in [6, 6.07) is 28.4. The van der Waals surface area contributed by atoms with Gasteiger partial charge >= 0.3 is 0 Å². The lowest BCUT2D eigenvalue weighted by Crippen LogP contribution is -1.97. The van der Waals surface area contributed by atoms with Crippen molar-refractivity contribution in [3.8, 4) is 0 Å². The van der Waals surface area contributed by atoms with Gasteiger partial charge < -0.3 is 4.98 Å². The molecule has 0 amide bonds. The summed E-state index contributed by atoms with van der Waals surface area (Å²) in [6.07, 6.45) is 2.17. The lowest BCUT2D eigenvalue weighted by Gasteiger charge is -2.17. The molecule has 0 radical (unpaired) electrons. The SMILES string of the molecule is CC(c1c[nH]c2ccccc12)c1cc2ccccc2c2ccccc12. The smallest absolute Gasteiger partial charge is 0.0457 e. The Morgan fingerprint density at radius 2 is 1.28 bits per heavy atom. The average Bonchev–Trinajstić information content (AvgIpc) is 3.11. The number of aromatic amines is 1. The molecule has 0 spiro atoms. The van der Waals surface area contributed by atoms with E-state index in [1.54, 1.807) is 0 Å². The molecule has 5 rings (SSSR count). The summed E-state index contributed by atoms with van der Waals surface area (Å²) in [6.45, 7) is 2.31. The van der Waals surface area contributed by atoms with E-state index in [1.165, 1.54) is 43.6 Å². The average molecular weight is 321 g/mol. The quantitative estimate of drug-likeness (QED) is 0.351. The summed E-state index contributed by atoms with van der Waals surface area (Å²) < 4.78 is 0. The molecule has 1 N–H and O–H groups in total. The Labute approximate surface area is 146 Å². The number of H-pyrrole nitrogens is 1. The Morgan fingerprint density at radius 3 is 2.12 bits per heavy atom. The topological polar surface area (TPSA) is 15.8 Å². The molecule has 1 atom stereocenters. The minimum absolute atomic E-state index is 0.325. The molecular formula is C24H19N. The van der Waals surface area contributed by atoms with Crippen LogP contribution in [-0.4, -0.2) is 4.98 Å². The highest BCUT2D eigenvalue weighted by molar-refractivity contribution is 6.09. The molecule has 4 aromatic carbocycles. The van der Waals surface area contributed by atoms with Crippen LogP contribution < -0.4 is 0 Å². The molecule has 0 saturated heterocycles. The second-order valence-corrected chi connectivity index (χ2v) is 6.74. The number of fused-ring (bicyclic) bond motifs is 4. The van der Waals surface area contributed by atoms with Crippen molar-refractivity contribution in [1.82, 2.24) is 4.98 Å². The van der Waals surface area contributed by atoms with Crippen molar-refractivity contribution in [2.75, 3.05) is 0 Å². The number of hydrogen-bond acceptors (Lipinski definition) is 0. The first-order valence-corrected chi connectivity index (χ1v) is 8.79. The van der Waals surface area contributed by atoms with Crippen LogP contribution in [0.2, 0.25) is 0 Å². The maximum Gasteiger partial charge on any atom is 0.0457 e. The molecule has 0 aliphatic rings. The van der Waals surface area contributed by atoms with Crippen LogP contribution in [0.3, 0.4) is 0 Å². The molecule has 1 aromatic heterocycles. The van der Waals surface area contributed by atoms with Gasteiger partial charge in [-0.1, -0.05) is 73.7 Å². The standard InChI is InChI=1S/C24H19N/c1-16(23-15-25-24-13-7-6-12-21(23)24)22-14-17-8-2-3-9-18(17)19-10-4-5-11-20(19)22/h2-16,25H,1H3. The van der Waals surface area contributed by atoms with E-state index in [0.29, 0.717) is 5.92 Å². The minimum atomic E-state index is 0.325. The van der Waals surface area contributed by atoms with Crippen LogP contribution in [0, 0.1) is 0 Å². The Morgan fingerprint density at radius 1 is 0.640 bits per heavy atom. The van der Waals surface area contributed by atoms with E-state index in [0.717, 1.165) is 0 Å². The van der Waals surface area contributed by atoms with Gasteiger partial charge in [-0.3, -0.25) is 0 Å². The molecule has 1 heteroatoms. The molecule has 0 aliphatic heterocycles. The van der Waals surface area contributed by atoms with Crippen molar-refractivity contribution in [3.63, 3.8) is 0 Å². The molecule has 5 aromatic rings. The lowest BCUT2D eigenvalue weighted by molar-refractivity contribution is 0.945. The number of rotatable bonds is 2. The van der Waals surface area contributed by atoms with Gasteiger partial charge in [0.25, 0.3) is 0 Å². The third-order valence-corrected chi connectivity index (χ3v) is 5.35. The molecule has 0 saturated carbocycles. The summed E-state index contributed by atoms with van der Waals surface area (Å²) in [5.74, 6) is 0.325. The summed E-state index contributed by atoms with van der Waals surface area (Å²) in [5.41, 5.74) is 3.95. The first-order chi connectivity index (χ1) is 12.3. The zero-order valence-corrected chi connectivity index (χ0v) is 14.2. The van der Waals surface area contributed by atoms with Crippen molar-refractivity contribution in [3.05, 3.63) is 96.2 Å². The maximum absolute atomic E-state index is 3.42. The number of benzene rings is 4. The largest absolute Gasteiger partial charge is 0.361 e. The van der Waals surface area contributed by atoms with Crippen LogP contribution in [0.25, 0.3) is 32.4 Å².